The Kier molecular flexibility index (Phi) is 5.07. The van der Waals surface area contributed by atoms with Crippen LogP contribution in [0.4, 0.5) is 0 Å². The van der Waals surface area contributed by atoms with Gasteiger partial charge in [0.25, 0.3) is 5.91 Å². The number of rotatable bonds is 4. The van der Waals surface area contributed by atoms with Crippen molar-refractivity contribution in [3.05, 3.63) is 28.8 Å². The zero-order valence-corrected chi connectivity index (χ0v) is 12.9. The number of hydrogen-bond donors (Lipinski definition) is 2. The van der Waals surface area contributed by atoms with E-state index in [2.05, 4.69) is 10.6 Å². The molecule has 6 heteroatoms. The smallest absolute Gasteiger partial charge is 0.258 e. The van der Waals surface area contributed by atoms with Crippen LogP contribution in [0.25, 0.3) is 0 Å². The predicted octanol–water partition coefficient (Wildman–Crippen LogP) is 1.81. The van der Waals surface area contributed by atoms with Crippen LogP contribution < -0.4 is 15.4 Å². The first kappa shape index (κ1) is 15.6. The fourth-order valence-electron chi connectivity index (χ4n) is 2.26. The molecule has 0 spiro atoms. The molecule has 1 fully saturated rings. The van der Waals surface area contributed by atoms with E-state index in [1.54, 1.807) is 18.2 Å². The number of benzene rings is 1. The number of piperidine rings is 1. The van der Waals surface area contributed by atoms with Gasteiger partial charge >= 0.3 is 0 Å². The number of ether oxygens (including phenoxy) is 1. The summed E-state index contributed by atoms with van der Waals surface area (Å²) >= 11 is 5.93. The van der Waals surface area contributed by atoms with Crippen molar-refractivity contribution in [3.8, 4) is 5.75 Å². The van der Waals surface area contributed by atoms with Crippen LogP contribution in [0.15, 0.2) is 18.2 Å². The second-order valence-corrected chi connectivity index (χ2v) is 5.68. The van der Waals surface area contributed by atoms with Crippen molar-refractivity contribution in [1.82, 2.24) is 10.6 Å². The molecule has 2 amide bonds. The van der Waals surface area contributed by atoms with Crippen LogP contribution in [0.3, 0.4) is 0 Å². The maximum absolute atomic E-state index is 11.9. The van der Waals surface area contributed by atoms with Crippen molar-refractivity contribution in [1.29, 1.82) is 0 Å². The Bertz CT molecular complexity index is 548. The summed E-state index contributed by atoms with van der Waals surface area (Å²) in [4.78, 5) is 23.1. The highest BCUT2D eigenvalue weighted by Crippen LogP contribution is 2.20. The minimum Gasteiger partial charge on any atom is -0.484 e. The Morgan fingerprint density at radius 1 is 1.52 bits per heavy atom. The molecule has 0 bridgehead atoms. The minimum absolute atomic E-state index is 0.0286. The summed E-state index contributed by atoms with van der Waals surface area (Å²) in [5.74, 6) is 0.438. The second-order valence-electron chi connectivity index (χ2n) is 5.27. The number of aryl methyl sites for hydroxylation is 1. The standard InChI is InChI=1S/C15H19ClN2O3/c1-9-7-11(3-4-12(9)16)21-8-15(20)18-13-5-6-14(19)17-10(13)2/h3-4,7,10,13H,5-6,8H2,1-2H3,(H,17,19)(H,18,20). The molecule has 1 heterocycles. The van der Waals surface area contributed by atoms with E-state index in [1.807, 2.05) is 13.8 Å². The first-order valence-electron chi connectivity index (χ1n) is 6.93. The molecule has 1 aliphatic heterocycles. The first-order chi connectivity index (χ1) is 9.95. The van der Waals surface area contributed by atoms with Gasteiger partial charge in [0, 0.05) is 23.5 Å². The third kappa shape index (κ3) is 4.36. The van der Waals surface area contributed by atoms with E-state index in [0.29, 0.717) is 23.6 Å². The molecule has 5 nitrogen and oxygen atoms in total. The van der Waals surface area contributed by atoms with Crippen molar-refractivity contribution in [3.63, 3.8) is 0 Å². The van der Waals surface area contributed by atoms with Gasteiger partial charge in [0.05, 0.1) is 0 Å². The normalized spacial score (nSPS) is 21.6. The summed E-state index contributed by atoms with van der Waals surface area (Å²) in [5.41, 5.74) is 0.901. The molecule has 2 N–H and O–H groups in total. The number of hydrogen-bond acceptors (Lipinski definition) is 3. The van der Waals surface area contributed by atoms with Gasteiger partial charge in [-0.1, -0.05) is 11.6 Å². The van der Waals surface area contributed by atoms with Gasteiger partial charge in [-0.2, -0.15) is 0 Å². The highest BCUT2D eigenvalue weighted by molar-refractivity contribution is 6.31. The Morgan fingerprint density at radius 2 is 2.29 bits per heavy atom. The van der Waals surface area contributed by atoms with Gasteiger partial charge in [-0.3, -0.25) is 9.59 Å². The molecule has 2 rings (SSSR count). The van der Waals surface area contributed by atoms with Gasteiger partial charge in [-0.25, -0.2) is 0 Å². The fourth-order valence-corrected chi connectivity index (χ4v) is 2.38. The molecule has 0 aromatic heterocycles. The van der Waals surface area contributed by atoms with Gasteiger partial charge in [0.2, 0.25) is 5.91 Å². The first-order valence-corrected chi connectivity index (χ1v) is 7.31. The van der Waals surface area contributed by atoms with Crippen LogP contribution in [0.1, 0.15) is 25.3 Å². The molecule has 0 radical (unpaired) electrons. The topological polar surface area (TPSA) is 67.4 Å². The summed E-state index contributed by atoms with van der Waals surface area (Å²) in [7, 11) is 0. The molecule has 1 saturated heterocycles. The number of nitrogens with one attached hydrogen (secondary N) is 2. The third-order valence-electron chi connectivity index (χ3n) is 3.52. The average molecular weight is 311 g/mol. The minimum atomic E-state index is -0.199. The van der Waals surface area contributed by atoms with E-state index in [-0.39, 0.29) is 30.5 Å². The van der Waals surface area contributed by atoms with Crippen molar-refractivity contribution in [2.75, 3.05) is 6.61 Å². The maximum Gasteiger partial charge on any atom is 0.258 e. The zero-order chi connectivity index (χ0) is 15.4. The van der Waals surface area contributed by atoms with Crippen LogP contribution in [0.2, 0.25) is 5.02 Å². The van der Waals surface area contributed by atoms with Gasteiger partial charge in [0.1, 0.15) is 5.75 Å². The highest BCUT2D eigenvalue weighted by Gasteiger charge is 2.26. The summed E-state index contributed by atoms with van der Waals surface area (Å²) in [6.45, 7) is 3.70. The molecule has 0 aliphatic carbocycles. The third-order valence-corrected chi connectivity index (χ3v) is 3.94. The lowest BCUT2D eigenvalue weighted by atomic mass is 9.99. The molecular formula is C15H19ClN2O3. The van der Waals surface area contributed by atoms with E-state index in [0.717, 1.165) is 5.56 Å². The van der Waals surface area contributed by atoms with Crippen LogP contribution >= 0.6 is 11.6 Å². The fraction of sp³-hybridized carbons (Fsp3) is 0.467. The second kappa shape index (κ2) is 6.80. The molecular weight excluding hydrogens is 292 g/mol. The SMILES string of the molecule is Cc1cc(OCC(=O)NC2CCC(=O)NC2C)ccc1Cl. The maximum atomic E-state index is 11.9. The molecule has 2 unspecified atom stereocenters. The molecule has 0 saturated carbocycles. The van der Waals surface area contributed by atoms with Gasteiger partial charge in [-0.05, 0) is 44.0 Å². The molecule has 114 valence electrons. The lowest BCUT2D eigenvalue weighted by molar-refractivity contribution is -0.127. The van der Waals surface area contributed by atoms with Crippen LogP contribution in [0, 0.1) is 6.92 Å². The Morgan fingerprint density at radius 3 is 2.95 bits per heavy atom. The van der Waals surface area contributed by atoms with E-state index < -0.39 is 0 Å². The summed E-state index contributed by atoms with van der Waals surface area (Å²) in [6.07, 6.45) is 1.09. The monoisotopic (exact) mass is 310 g/mol. The van der Waals surface area contributed by atoms with E-state index in [1.165, 1.54) is 0 Å². The largest absolute Gasteiger partial charge is 0.484 e. The van der Waals surface area contributed by atoms with E-state index in [9.17, 15) is 9.59 Å². The molecule has 21 heavy (non-hydrogen) atoms. The average Bonchev–Trinajstić information content (AvgIpc) is 2.43. The van der Waals surface area contributed by atoms with Crippen molar-refractivity contribution >= 4 is 23.4 Å². The predicted molar refractivity (Wildman–Crippen MR) is 80.5 cm³/mol. The molecule has 1 aliphatic rings. The van der Waals surface area contributed by atoms with Crippen molar-refractivity contribution < 1.29 is 14.3 Å². The van der Waals surface area contributed by atoms with Crippen molar-refractivity contribution in [2.45, 2.75) is 38.8 Å². The molecule has 2 atom stereocenters. The Labute approximate surface area is 129 Å². The zero-order valence-electron chi connectivity index (χ0n) is 12.1. The lowest BCUT2D eigenvalue weighted by Crippen LogP contribution is -2.54. The van der Waals surface area contributed by atoms with Crippen LogP contribution in [0.5, 0.6) is 5.75 Å². The Hall–Kier alpha value is -1.75. The Balaban J connectivity index is 1.82. The van der Waals surface area contributed by atoms with Crippen LogP contribution in [-0.2, 0) is 9.59 Å². The van der Waals surface area contributed by atoms with Crippen molar-refractivity contribution in [2.24, 2.45) is 0 Å². The number of carbonyl (C=O) groups is 2. The quantitative estimate of drug-likeness (QED) is 0.891. The van der Waals surface area contributed by atoms with Gasteiger partial charge in [0.15, 0.2) is 6.61 Å². The summed E-state index contributed by atoms with van der Waals surface area (Å²) < 4.78 is 5.44. The highest BCUT2D eigenvalue weighted by atomic mass is 35.5. The van der Waals surface area contributed by atoms with E-state index >= 15 is 0 Å². The molecule has 1 aromatic rings. The number of amides is 2. The van der Waals surface area contributed by atoms with E-state index in [4.69, 9.17) is 16.3 Å². The number of carbonyl (C=O) groups excluding carboxylic acids is 2. The van der Waals surface area contributed by atoms with Gasteiger partial charge < -0.3 is 15.4 Å². The van der Waals surface area contributed by atoms with Gasteiger partial charge in [-0.15, -0.1) is 0 Å². The van der Waals surface area contributed by atoms with Crippen LogP contribution in [-0.4, -0.2) is 30.5 Å². The summed E-state index contributed by atoms with van der Waals surface area (Å²) in [5, 5.41) is 6.36. The lowest BCUT2D eigenvalue weighted by Gasteiger charge is -2.30. The summed E-state index contributed by atoms with van der Waals surface area (Å²) in [6, 6.07) is 5.15. The number of halogens is 1. The molecule has 1 aromatic carbocycles.